The summed E-state index contributed by atoms with van der Waals surface area (Å²) in [5.41, 5.74) is 0. The van der Waals surface area contributed by atoms with E-state index in [0.717, 1.165) is 0 Å². The van der Waals surface area contributed by atoms with Crippen molar-refractivity contribution in [1.82, 2.24) is 0 Å². The first kappa shape index (κ1) is 13.5. The van der Waals surface area contributed by atoms with E-state index in [4.69, 9.17) is 0 Å². The van der Waals surface area contributed by atoms with E-state index in [0.29, 0.717) is 12.8 Å². The molecule has 0 bridgehead atoms. The molecule has 0 aliphatic heterocycles. The Morgan fingerprint density at radius 2 is 1.18 bits per heavy atom. The van der Waals surface area contributed by atoms with Crippen LogP contribution < -0.4 is 10.2 Å². The van der Waals surface area contributed by atoms with Crippen LogP contribution in [0.1, 0.15) is 25.7 Å². The van der Waals surface area contributed by atoms with Crippen molar-refractivity contribution < 1.29 is 47.1 Å². The Bertz CT molecular complexity index is 119. The molecule has 0 aromatic carbocycles. The molecule has 0 rings (SSSR count). The number of carbonyl (C=O) groups excluding carboxylic acids is 2. The van der Waals surface area contributed by atoms with E-state index in [1.54, 1.807) is 0 Å². The monoisotopic (exact) mass is 258 g/mol. The Morgan fingerprint density at radius 3 is 1.36 bits per heavy atom. The van der Waals surface area contributed by atoms with Gasteiger partial charge in [-0.25, -0.2) is 0 Å². The van der Waals surface area contributed by atoms with Crippen LogP contribution in [0.15, 0.2) is 0 Å². The smallest absolute Gasteiger partial charge is 0.550 e. The molecule has 0 aromatic heterocycles. The van der Waals surface area contributed by atoms with Crippen LogP contribution in [-0.2, 0) is 36.9 Å². The first-order chi connectivity index (χ1) is 4.63. The van der Waals surface area contributed by atoms with Crippen LogP contribution in [0.25, 0.3) is 0 Å². The van der Waals surface area contributed by atoms with Crippen LogP contribution in [0.4, 0.5) is 0 Å². The van der Waals surface area contributed by atoms with Crippen molar-refractivity contribution in [2.75, 3.05) is 0 Å². The number of rotatable bonds is 5. The van der Waals surface area contributed by atoms with E-state index in [-0.39, 0.29) is 40.1 Å². The molecule has 0 saturated heterocycles. The number of aliphatic carboxylic acids is 2. The predicted octanol–water partition coefficient (Wildman–Crippen LogP) is -1.96. The van der Waals surface area contributed by atoms with E-state index in [9.17, 15) is 19.8 Å². The summed E-state index contributed by atoms with van der Waals surface area (Å²) in [5.74, 6) is -2.28. The van der Waals surface area contributed by atoms with Crippen LogP contribution in [0.2, 0.25) is 0 Å². The van der Waals surface area contributed by atoms with E-state index in [1.165, 1.54) is 0 Å². The van der Waals surface area contributed by atoms with Crippen molar-refractivity contribution >= 4 is 11.9 Å². The molecule has 0 atom stereocenters. The number of carbonyl (C=O) groups is 2. The Hall–Kier alpha value is -0.138. The zero-order valence-corrected chi connectivity index (χ0v) is 10.2. The Kier molecular flexibility index (Phi) is 9.74. The minimum Gasteiger partial charge on any atom is -0.550 e. The molecule has 0 unspecified atom stereocenters. The largest absolute Gasteiger partial charge is 2.00 e. The molecule has 0 aliphatic carbocycles. The predicted molar refractivity (Wildman–Crippen MR) is 28.5 cm³/mol. The molecule has 0 fully saturated rings. The van der Waals surface area contributed by atoms with Crippen LogP contribution >= 0.6 is 0 Å². The quantitative estimate of drug-likeness (QED) is 0.423. The van der Waals surface area contributed by atoms with Gasteiger partial charge in [-0.15, -0.1) is 0 Å². The third-order valence-corrected chi connectivity index (χ3v) is 1.01. The van der Waals surface area contributed by atoms with Gasteiger partial charge in [0.05, 0.1) is 0 Å². The summed E-state index contributed by atoms with van der Waals surface area (Å²) in [4.78, 5) is 19.5. The molecule has 58 valence electrons. The molecule has 0 heterocycles. The fraction of sp³-hybridized carbons (Fsp3) is 0.667. The van der Waals surface area contributed by atoms with Crippen LogP contribution in [0, 0.1) is 0 Å². The maximum atomic E-state index is 9.77. The van der Waals surface area contributed by atoms with Gasteiger partial charge in [0, 0.05) is 11.9 Å². The number of hydrogen-bond donors (Lipinski definition) is 0. The normalized spacial score (nSPS) is 8.36. The number of hydrogen-bond acceptors (Lipinski definition) is 4. The minimum atomic E-state index is -1.14. The van der Waals surface area contributed by atoms with Gasteiger partial charge < -0.3 is 19.8 Å². The zero-order valence-electron chi connectivity index (χ0n) is 6.17. The number of carboxylic acid groups (broad SMARTS) is 2. The summed E-state index contributed by atoms with van der Waals surface area (Å²) < 4.78 is 0. The summed E-state index contributed by atoms with van der Waals surface area (Å²) in [5, 5.41) is 19.5. The minimum absolute atomic E-state index is 0. The Labute approximate surface area is 84.8 Å². The molecule has 11 heavy (non-hydrogen) atoms. The van der Waals surface area contributed by atoms with E-state index >= 15 is 0 Å². The summed E-state index contributed by atoms with van der Waals surface area (Å²) in [6, 6.07) is 0. The van der Waals surface area contributed by atoms with Crippen molar-refractivity contribution in [3.8, 4) is 0 Å². The van der Waals surface area contributed by atoms with Crippen LogP contribution in [-0.4, -0.2) is 11.9 Å². The Morgan fingerprint density at radius 1 is 0.909 bits per heavy atom. The summed E-state index contributed by atoms with van der Waals surface area (Å²) >= 11 is 0. The molecule has 0 N–H and O–H groups in total. The maximum absolute atomic E-state index is 9.77. The van der Waals surface area contributed by atoms with Crippen molar-refractivity contribution in [3.05, 3.63) is 0 Å². The molecule has 0 aliphatic rings. The molecule has 0 saturated carbocycles. The van der Waals surface area contributed by atoms with Crippen LogP contribution in [0.3, 0.4) is 0 Å². The van der Waals surface area contributed by atoms with Gasteiger partial charge in [0.2, 0.25) is 0 Å². The van der Waals surface area contributed by atoms with Gasteiger partial charge in [-0.3, -0.25) is 0 Å². The van der Waals surface area contributed by atoms with E-state index < -0.39 is 11.9 Å². The van der Waals surface area contributed by atoms with Gasteiger partial charge in [0.1, 0.15) is 0 Å². The second-order valence-electron chi connectivity index (χ2n) is 1.95. The van der Waals surface area contributed by atoms with E-state index in [2.05, 4.69) is 0 Å². The fourth-order valence-corrected chi connectivity index (χ4v) is 0.539. The van der Waals surface area contributed by atoms with Crippen molar-refractivity contribution in [2.45, 2.75) is 25.7 Å². The van der Waals surface area contributed by atoms with Gasteiger partial charge in [-0.1, -0.05) is 0 Å². The van der Waals surface area contributed by atoms with Gasteiger partial charge in [0.15, 0.2) is 0 Å². The zero-order chi connectivity index (χ0) is 7.98. The molecule has 0 spiro atoms. The second-order valence-corrected chi connectivity index (χ2v) is 1.95. The average molecular weight is 257 g/mol. The van der Waals surface area contributed by atoms with Crippen LogP contribution in [0.5, 0.6) is 0 Å². The summed E-state index contributed by atoms with van der Waals surface area (Å²) in [7, 11) is 0. The SMILES string of the molecule is O=C([O-])CCCCC(=O)[O-].[Cd+2]. The maximum Gasteiger partial charge on any atom is 2.00 e. The first-order valence-corrected chi connectivity index (χ1v) is 3.02. The van der Waals surface area contributed by atoms with Crippen molar-refractivity contribution in [2.24, 2.45) is 0 Å². The standard InChI is InChI=1S/C6H10O4.Cd/c7-5(8)3-1-2-4-6(9)10;/h1-4H2,(H,7,8)(H,9,10);/q;+2/p-2. The molecule has 0 aromatic rings. The molecule has 0 amide bonds. The number of carboxylic acids is 2. The molecule has 0 radical (unpaired) electrons. The van der Waals surface area contributed by atoms with Crippen molar-refractivity contribution in [1.29, 1.82) is 0 Å². The number of unbranched alkanes of at least 4 members (excludes halogenated alkanes) is 1. The first-order valence-electron chi connectivity index (χ1n) is 3.02. The van der Waals surface area contributed by atoms with Gasteiger partial charge in [0.25, 0.3) is 0 Å². The van der Waals surface area contributed by atoms with E-state index in [1.807, 2.05) is 0 Å². The van der Waals surface area contributed by atoms with Gasteiger partial charge in [-0.2, -0.15) is 0 Å². The van der Waals surface area contributed by atoms with Gasteiger partial charge >= 0.3 is 27.3 Å². The third-order valence-electron chi connectivity index (χ3n) is 1.01. The second kappa shape index (κ2) is 7.96. The average Bonchev–Trinajstić information content (AvgIpc) is 1.79. The van der Waals surface area contributed by atoms with Gasteiger partial charge in [-0.05, 0) is 25.7 Å². The summed E-state index contributed by atoms with van der Waals surface area (Å²) in [6.07, 6.45) is 0.535. The molecule has 5 heteroatoms. The van der Waals surface area contributed by atoms with Crippen molar-refractivity contribution in [3.63, 3.8) is 0 Å². The summed E-state index contributed by atoms with van der Waals surface area (Å²) in [6.45, 7) is 0. The fourth-order valence-electron chi connectivity index (χ4n) is 0.539. The Balaban J connectivity index is 0. The molecular weight excluding hydrogens is 248 g/mol. The molecule has 4 nitrogen and oxygen atoms in total. The molecular formula is C6H8CdO4. The topological polar surface area (TPSA) is 80.3 Å². The third kappa shape index (κ3) is 12.9.